The summed E-state index contributed by atoms with van der Waals surface area (Å²) in [6.45, 7) is 0. The molecule has 3 N–H and O–H groups in total. The second-order valence-electron chi connectivity index (χ2n) is 4.16. The molecule has 0 heterocycles. The lowest BCUT2D eigenvalue weighted by molar-refractivity contribution is 0.540. The minimum atomic E-state index is -0.308. The molecule has 0 spiro atoms. The molecule has 0 aliphatic rings. The molecule has 0 fully saturated rings. The summed E-state index contributed by atoms with van der Waals surface area (Å²) in [4.78, 5) is 0. The molecule has 2 nitrogen and oxygen atoms in total. The standard InChI is InChI=1S/C14H13BrClFN2/c15-14-10(5-3-7-12(14)17)13(19-18)8-9-4-1-2-6-11(9)16/h1-7,13,19H,8,18H2. The summed E-state index contributed by atoms with van der Waals surface area (Å²) >= 11 is 9.38. The van der Waals surface area contributed by atoms with Crippen molar-refractivity contribution in [2.45, 2.75) is 12.5 Å². The van der Waals surface area contributed by atoms with Gasteiger partial charge in [0.05, 0.1) is 10.5 Å². The smallest absolute Gasteiger partial charge is 0.137 e. The summed E-state index contributed by atoms with van der Waals surface area (Å²) < 4.78 is 14.0. The first-order valence-electron chi connectivity index (χ1n) is 5.77. The first-order valence-corrected chi connectivity index (χ1v) is 6.94. The molecule has 2 aromatic rings. The molecule has 0 saturated heterocycles. The van der Waals surface area contributed by atoms with Crippen LogP contribution in [0.1, 0.15) is 17.2 Å². The van der Waals surface area contributed by atoms with Crippen molar-refractivity contribution in [2.24, 2.45) is 5.84 Å². The summed E-state index contributed by atoms with van der Waals surface area (Å²) in [5.74, 6) is 5.28. The van der Waals surface area contributed by atoms with E-state index >= 15 is 0 Å². The van der Waals surface area contributed by atoms with Crippen LogP contribution < -0.4 is 11.3 Å². The summed E-state index contributed by atoms with van der Waals surface area (Å²) in [6.07, 6.45) is 0.582. The van der Waals surface area contributed by atoms with Crippen LogP contribution in [0.15, 0.2) is 46.9 Å². The molecule has 2 rings (SSSR count). The van der Waals surface area contributed by atoms with Gasteiger partial charge in [-0.2, -0.15) is 0 Å². The third kappa shape index (κ3) is 3.34. The lowest BCUT2D eigenvalue weighted by Crippen LogP contribution is -2.30. The van der Waals surface area contributed by atoms with Crippen LogP contribution in [0.25, 0.3) is 0 Å². The second-order valence-corrected chi connectivity index (χ2v) is 5.36. The zero-order valence-electron chi connectivity index (χ0n) is 10.0. The van der Waals surface area contributed by atoms with Gasteiger partial charge in [0, 0.05) is 5.02 Å². The van der Waals surface area contributed by atoms with Gasteiger partial charge in [0.2, 0.25) is 0 Å². The molecule has 0 aromatic heterocycles. The highest BCUT2D eigenvalue weighted by atomic mass is 79.9. The molecule has 0 amide bonds. The Hall–Kier alpha value is -0.940. The highest BCUT2D eigenvalue weighted by molar-refractivity contribution is 9.10. The number of benzene rings is 2. The number of hydrazine groups is 1. The van der Waals surface area contributed by atoms with Crippen molar-refractivity contribution in [3.05, 3.63) is 68.9 Å². The van der Waals surface area contributed by atoms with Crippen LogP contribution in [0, 0.1) is 5.82 Å². The van der Waals surface area contributed by atoms with Crippen LogP contribution >= 0.6 is 27.5 Å². The minimum absolute atomic E-state index is 0.218. The van der Waals surface area contributed by atoms with Gasteiger partial charge in [0.25, 0.3) is 0 Å². The lowest BCUT2D eigenvalue weighted by atomic mass is 9.99. The largest absolute Gasteiger partial charge is 0.271 e. The maximum absolute atomic E-state index is 13.6. The highest BCUT2D eigenvalue weighted by Crippen LogP contribution is 2.29. The van der Waals surface area contributed by atoms with Crippen molar-refractivity contribution in [1.29, 1.82) is 0 Å². The van der Waals surface area contributed by atoms with Crippen molar-refractivity contribution in [3.63, 3.8) is 0 Å². The topological polar surface area (TPSA) is 38.0 Å². The van der Waals surface area contributed by atoms with Crippen molar-refractivity contribution in [2.75, 3.05) is 0 Å². The molecular formula is C14H13BrClFN2. The van der Waals surface area contributed by atoms with Gasteiger partial charge < -0.3 is 0 Å². The highest BCUT2D eigenvalue weighted by Gasteiger charge is 2.16. The molecule has 5 heteroatoms. The first-order chi connectivity index (χ1) is 9.13. The number of halogens is 3. The van der Waals surface area contributed by atoms with Gasteiger partial charge in [-0.05, 0) is 45.6 Å². The molecule has 100 valence electrons. The van der Waals surface area contributed by atoms with E-state index in [0.717, 1.165) is 11.1 Å². The fourth-order valence-corrected chi connectivity index (χ4v) is 2.69. The van der Waals surface area contributed by atoms with E-state index in [1.807, 2.05) is 30.3 Å². The minimum Gasteiger partial charge on any atom is -0.271 e. The number of nitrogens with one attached hydrogen (secondary N) is 1. The van der Waals surface area contributed by atoms with Gasteiger partial charge in [-0.15, -0.1) is 0 Å². The number of rotatable bonds is 4. The average Bonchev–Trinajstić information content (AvgIpc) is 2.41. The summed E-state index contributed by atoms with van der Waals surface area (Å²) in [5, 5.41) is 0.676. The van der Waals surface area contributed by atoms with Gasteiger partial charge in [-0.3, -0.25) is 11.3 Å². The van der Waals surface area contributed by atoms with Crippen molar-refractivity contribution < 1.29 is 4.39 Å². The quantitative estimate of drug-likeness (QED) is 0.651. The van der Waals surface area contributed by atoms with E-state index in [0.29, 0.717) is 15.9 Å². The Kier molecular flexibility index (Phi) is 4.93. The number of hydrogen-bond donors (Lipinski definition) is 2. The normalized spacial score (nSPS) is 12.4. The first kappa shape index (κ1) is 14.5. The molecule has 0 bridgehead atoms. The molecule has 0 saturated carbocycles. The van der Waals surface area contributed by atoms with Crippen molar-refractivity contribution in [3.8, 4) is 0 Å². The Labute approximate surface area is 124 Å². The molecule has 0 aliphatic carbocycles. The third-order valence-electron chi connectivity index (χ3n) is 2.94. The summed E-state index contributed by atoms with van der Waals surface area (Å²) in [5.41, 5.74) is 4.43. The van der Waals surface area contributed by atoms with E-state index < -0.39 is 0 Å². The van der Waals surface area contributed by atoms with Gasteiger partial charge in [-0.25, -0.2) is 4.39 Å². The van der Waals surface area contributed by atoms with Crippen LogP contribution in [-0.4, -0.2) is 0 Å². The Morgan fingerprint density at radius 2 is 1.95 bits per heavy atom. The summed E-state index contributed by atoms with van der Waals surface area (Å²) in [6, 6.07) is 12.2. The van der Waals surface area contributed by atoms with Crippen LogP contribution in [0.3, 0.4) is 0 Å². The van der Waals surface area contributed by atoms with Crippen LogP contribution in [0.2, 0.25) is 5.02 Å². The maximum atomic E-state index is 13.6. The van der Waals surface area contributed by atoms with E-state index in [9.17, 15) is 4.39 Å². The van der Waals surface area contributed by atoms with Crippen molar-refractivity contribution in [1.82, 2.24) is 5.43 Å². The van der Waals surface area contributed by atoms with E-state index in [1.165, 1.54) is 6.07 Å². The zero-order valence-corrected chi connectivity index (χ0v) is 12.4. The number of hydrogen-bond acceptors (Lipinski definition) is 2. The number of nitrogens with two attached hydrogens (primary N) is 1. The van der Waals surface area contributed by atoms with Gasteiger partial charge in [0.15, 0.2) is 0 Å². The van der Waals surface area contributed by atoms with E-state index in [1.54, 1.807) is 6.07 Å². The zero-order chi connectivity index (χ0) is 13.8. The van der Waals surface area contributed by atoms with Crippen LogP contribution in [0.4, 0.5) is 4.39 Å². The molecule has 19 heavy (non-hydrogen) atoms. The van der Waals surface area contributed by atoms with E-state index in [-0.39, 0.29) is 11.9 Å². The fraction of sp³-hybridized carbons (Fsp3) is 0.143. The second kappa shape index (κ2) is 6.48. The monoisotopic (exact) mass is 342 g/mol. The van der Waals surface area contributed by atoms with E-state index in [2.05, 4.69) is 21.4 Å². The molecule has 2 aromatic carbocycles. The SMILES string of the molecule is NNC(Cc1ccccc1Cl)c1cccc(F)c1Br. The predicted molar refractivity (Wildman–Crippen MR) is 79.3 cm³/mol. The fourth-order valence-electron chi connectivity index (χ4n) is 1.93. The van der Waals surface area contributed by atoms with Gasteiger partial charge in [-0.1, -0.05) is 41.9 Å². The Morgan fingerprint density at radius 3 is 2.63 bits per heavy atom. The van der Waals surface area contributed by atoms with Gasteiger partial charge in [0.1, 0.15) is 5.82 Å². The Morgan fingerprint density at radius 1 is 1.21 bits per heavy atom. The van der Waals surface area contributed by atoms with Gasteiger partial charge >= 0.3 is 0 Å². The summed E-state index contributed by atoms with van der Waals surface area (Å²) in [7, 11) is 0. The maximum Gasteiger partial charge on any atom is 0.137 e. The Bertz CT molecular complexity index is 577. The third-order valence-corrected chi connectivity index (χ3v) is 4.15. The van der Waals surface area contributed by atoms with Crippen LogP contribution in [-0.2, 0) is 6.42 Å². The molecule has 0 radical (unpaired) electrons. The lowest BCUT2D eigenvalue weighted by Gasteiger charge is -2.18. The Balaban J connectivity index is 2.31. The molecular weight excluding hydrogens is 331 g/mol. The predicted octanol–water partition coefficient (Wildman–Crippen LogP) is 3.99. The van der Waals surface area contributed by atoms with E-state index in [4.69, 9.17) is 17.4 Å². The van der Waals surface area contributed by atoms with Crippen LogP contribution in [0.5, 0.6) is 0 Å². The average molecular weight is 344 g/mol. The van der Waals surface area contributed by atoms with Crippen molar-refractivity contribution >= 4 is 27.5 Å². The molecule has 1 atom stereocenters. The molecule has 1 unspecified atom stereocenters. The molecule has 0 aliphatic heterocycles.